The van der Waals surface area contributed by atoms with Gasteiger partial charge in [0.25, 0.3) is 0 Å². The van der Waals surface area contributed by atoms with Gasteiger partial charge in [-0.3, -0.25) is 0 Å². The molecule has 1 aromatic heterocycles. The molecule has 2 rings (SSSR count). The molecule has 0 aliphatic heterocycles. The van der Waals surface area contributed by atoms with Gasteiger partial charge in [0.1, 0.15) is 5.75 Å². The zero-order valence-electron chi connectivity index (χ0n) is 14.6. The van der Waals surface area contributed by atoms with Crippen molar-refractivity contribution in [3.63, 3.8) is 0 Å². The first kappa shape index (κ1) is 20.1. The van der Waals surface area contributed by atoms with Gasteiger partial charge < -0.3 is 4.74 Å². The van der Waals surface area contributed by atoms with E-state index < -0.39 is 12.5 Å². The van der Waals surface area contributed by atoms with E-state index in [4.69, 9.17) is 0 Å². The van der Waals surface area contributed by atoms with Gasteiger partial charge in [-0.1, -0.05) is 32.6 Å². The van der Waals surface area contributed by atoms with Crippen molar-refractivity contribution < 1.29 is 22.3 Å². The molecule has 0 aliphatic rings. The number of benzene rings is 1. The minimum atomic E-state index is -4.52. The first-order valence-corrected chi connectivity index (χ1v) is 8.68. The second kappa shape index (κ2) is 9.50. The first-order chi connectivity index (χ1) is 12.4. The number of rotatable bonds is 10. The van der Waals surface area contributed by atoms with Gasteiger partial charge in [0.2, 0.25) is 0 Å². The molecular formula is C19H22F4N2O. The molecule has 7 heteroatoms. The zero-order chi connectivity index (χ0) is 19.0. The molecule has 0 fully saturated rings. The van der Waals surface area contributed by atoms with E-state index in [2.05, 4.69) is 21.6 Å². The smallest absolute Gasteiger partial charge is 0.428 e. The van der Waals surface area contributed by atoms with Crippen molar-refractivity contribution in [1.29, 1.82) is 0 Å². The van der Waals surface area contributed by atoms with Crippen LogP contribution < -0.4 is 4.74 Å². The summed E-state index contributed by atoms with van der Waals surface area (Å²) in [7, 11) is 0. The number of halogens is 4. The fourth-order valence-corrected chi connectivity index (χ4v) is 2.44. The molecule has 0 bridgehead atoms. The fraction of sp³-hybridized carbons (Fsp3) is 0.474. The highest BCUT2D eigenvalue weighted by atomic mass is 19.3. The van der Waals surface area contributed by atoms with Crippen LogP contribution in [0, 0.1) is 0 Å². The van der Waals surface area contributed by atoms with Crippen LogP contribution in [0.4, 0.5) is 17.6 Å². The number of alkyl halides is 4. The number of aryl methyl sites for hydroxylation is 1. The van der Waals surface area contributed by atoms with Crippen LogP contribution in [-0.2, 0) is 6.42 Å². The SMILES string of the molecule is CCCCCCCc1cnc(-c2ccc(OC(F)(F)C(F)F)cc2)nc1. The Hall–Kier alpha value is -2.18. The molecule has 1 aromatic carbocycles. The number of aromatic nitrogens is 2. The van der Waals surface area contributed by atoms with E-state index in [0.717, 1.165) is 18.4 Å². The summed E-state index contributed by atoms with van der Waals surface area (Å²) in [5.74, 6) is 0.0923. The normalized spacial score (nSPS) is 11.8. The lowest BCUT2D eigenvalue weighted by molar-refractivity contribution is -0.253. The van der Waals surface area contributed by atoms with Gasteiger partial charge in [-0.05, 0) is 42.7 Å². The van der Waals surface area contributed by atoms with E-state index in [0.29, 0.717) is 11.4 Å². The molecule has 1 heterocycles. The van der Waals surface area contributed by atoms with E-state index in [1.807, 2.05) is 0 Å². The Kier molecular flexibility index (Phi) is 7.36. The molecule has 0 amide bonds. The van der Waals surface area contributed by atoms with Crippen LogP contribution >= 0.6 is 0 Å². The molecular weight excluding hydrogens is 348 g/mol. The quantitative estimate of drug-likeness (QED) is 0.386. The van der Waals surface area contributed by atoms with E-state index >= 15 is 0 Å². The summed E-state index contributed by atoms with van der Waals surface area (Å²) in [6.07, 6.45) is 1.97. The third-order valence-electron chi connectivity index (χ3n) is 3.89. The first-order valence-electron chi connectivity index (χ1n) is 8.68. The van der Waals surface area contributed by atoms with Crippen molar-refractivity contribution in [1.82, 2.24) is 9.97 Å². The lowest BCUT2D eigenvalue weighted by Gasteiger charge is -2.16. The van der Waals surface area contributed by atoms with Crippen molar-refractivity contribution in [2.75, 3.05) is 0 Å². The van der Waals surface area contributed by atoms with Gasteiger partial charge >= 0.3 is 12.5 Å². The average Bonchev–Trinajstić information content (AvgIpc) is 2.62. The van der Waals surface area contributed by atoms with Gasteiger partial charge in [-0.15, -0.1) is 0 Å². The number of hydrogen-bond acceptors (Lipinski definition) is 3. The van der Waals surface area contributed by atoms with Crippen molar-refractivity contribution in [3.05, 3.63) is 42.2 Å². The summed E-state index contributed by atoms with van der Waals surface area (Å²) in [5, 5.41) is 0. The van der Waals surface area contributed by atoms with Gasteiger partial charge in [-0.25, -0.2) is 9.97 Å². The topological polar surface area (TPSA) is 35.0 Å². The number of nitrogens with zero attached hydrogens (tertiary/aromatic N) is 2. The Balaban J connectivity index is 1.92. The largest absolute Gasteiger partial charge is 0.461 e. The minimum absolute atomic E-state index is 0.345. The Labute approximate surface area is 150 Å². The van der Waals surface area contributed by atoms with Gasteiger partial charge in [0.05, 0.1) is 0 Å². The Morgan fingerprint density at radius 1 is 0.962 bits per heavy atom. The van der Waals surface area contributed by atoms with E-state index in [9.17, 15) is 17.6 Å². The molecule has 0 radical (unpaired) electrons. The van der Waals surface area contributed by atoms with Crippen LogP contribution in [0.25, 0.3) is 11.4 Å². The van der Waals surface area contributed by atoms with Gasteiger partial charge in [0, 0.05) is 18.0 Å². The van der Waals surface area contributed by atoms with E-state index in [1.165, 1.54) is 49.9 Å². The number of hydrogen-bond donors (Lipinski definition) is 0. The highest BCUT2D eigenvalue weighted by Gasteiger charge is 2.43. The summed E-state index contributed by atoms with van der Waals surface area (Å²) in [4.78, 5) is 8.55. The molecule has 3 nitrogen and oxygen atoms in total. The summed E-state index contributed by atoms with van der Waals surface area (Å²) in [5.41, 5.74) is 1.63. The second-order valence-electron chi connectivity index (χ2n) is 6.07. The van der Waals surface area contributed by atoms with Crippen LogP contribution in [0.1, 0.15) is 44.6 Å². The molecule has 2 aromatic rings. The lowest BCUT2D eigenvalue weighted by Crippen LogP contribution is -2.33. The number of ether oxygens (including phenoxy) is 1. The Bertz CT molecular complexity index is 660. The molecule has 0 spiro atoms. The zero-order valence-corrected chi connectivity index (χ0v) is 14.6. The van der Waals surface area contributed by atoms with Gasteiger partial charge in [0.15, 0.2) is 5.82 Å². The van der Waals surface area contributed by atoms with Crippen molar-refractivity contribution in [3.8, 4) is 17.1 Å². The highest BCUT2D eigenvalue weighted by molar-refractivity contribution is 5.55. The molecule has 26 heavy (non-hydrogen) atoms. The summed E-state index contributed by atoms with van der Waals surface area (Å²) >= 11 is 0. The summed E-state index contributed by atoms with van der Waals surface area (Å²) in [6.45, 7) is 2.18. The molecule has 0 N–H and O–H groups in total. The van der Waals surface area contributed by atoms with E-state index in [-0.39, 0.29) is 5.75 Å². The predicted octanol–water partition coefficient (Wildman–Crippen LogP) is 5.89. The van der Waals surface area contributed by atoms with Crippen molar-refractivity contribution in [2.24, 2.45) is 0 Å². The van der Waals surface area contributed by atoms with Crippen molar-refractivity contribution >= 4 is 0 Å². The molecule has 0 unspecified atom stereocenters. The monoisotopic (exact) mass is 370 g/mol. The summed E-state index contributed by atoms with van der Waals surface area (Å²) < 4.78 is 54.0. The van der Waals surface area contributed by atoms with Crippen molar-refractivity contribution in [2.45, 2.75) is 58.0 Å². The second-order valence-corrected chi connectivity index (χ2v) is 6.07. The van der Waals surface area contributed by atoms with Crippen LogP contribution in [0.15, 0.2) is 36.7 Å². The minimum Gasteiger partial charge on any atom is -0.428 e. The molecule has 0 atom stereocenters. The van der Waals surface area contributed by atoms with Crippen LogP contribution in [0.5, 0.6) is 5.75 Å². The van der Waals surface area contributed by atoms with Crippen LogP contribution in [-0.4, -0.2) is 22.5 Å². The van der Waals surface area contributed by atoms with Crippen LogP contribution in [0.2, 0.25) is 0 Å². The van der Waals surface area contributed by atoms with E-state index in [1.54, 1.807) is 12.4 Å². The maximum atomic E-state index is 12.9. The summed E-state index contributed by atoms with van der Waals surface area (Å²) in [6, 6.07) is 5.29. The third-order valence-corrected chi connectivity index (χ3v) is 3.89. The lowest BCUT2D eigenvalue weighted by atomic mass is 10.1. The fourth-order valence-electron chi connectivity index (χ4n) is 2.44. The van der Waals surface area contributed by atoms with Crippen LogP contribution in [0.3, 0.4) is 0 Å². The molecule has 142 valence electrons. The third kappa shape index (κ3) is 5.97. The maximum Gasteiger partial charge on any atom is 0.461 e. The van der Waals surface area contributed by atoms with Gasteiger partial charge in [-0.2, -0.15) is 17.6 Å². The molecule has 0 saturated carbocycles. The maximum absolute atomic E-state index is 12.9. The molecule has 0 aliphatic carbocycles. The Morgan fingerprint density at radius 3 is 2.15 bits per heavy atom. The highest BCUT2D eigenvalue weighted by Crippen LogP contribution is 2.28. The predicted molar refractivity (Wildman–Crippen MR) is 91.5 cm³/mol. The standard InChI is InChI=1S/C19H22F4N2O/c1-2-3-4-5-6-7-14-12-24-17(25-13-14)15-8-10-16(11-9-15)26-19(22,23)18(20)21/h8-13,18H,2-7H2,1H3. The molecule has 0 saturated heterocycles. The number of unbranched alkanes of at least 4 members (excludes halogenated alkanes) is 4. The Morgan fingerprint density at radius 2 is 1.58 bits per heavy atom. The average molecular weight is 370 g/mol.